The third-order valence-electron chi connectivity index (χ3n) is 4.18. The van der Waals surface area contributed by atoms with Gasteiger partial charge in [-0.15, -0.1) is 0 Å². The smallest absolute Gasteiger partial charge is 0.252 e. The monoisotopic (exact) mass is 410 g/mol. The summed E-state index contributed by atoms with van der Waals surface area (Å²) < 4.78 is 0.934. The lowest BCUT2D eigenvalue weighted by Gasteiger charge is -2.26. The first kappa shape index (κ1) is 18.2. The van der Waals surface area contributed by atoms with E-state index in [1.165, 1.54) is 0 Å². The van der Waals surface area contributed by atoms with Gasteiger partial charge in [-0.3, -0.25) is 9.59 Å². The minimum atomic E-state index is -0.147. The predicted molar refractivity (Wildman–Crippen MR) is 106 cm³/mol. The summed E-state index contributed by atoms with van der Waals surface area (Å²) in [6, 6.07) is 14.8. The maximum Gasteiger partial charge on any atom is 0.252 e. The zero-order valence-corrected chi connectivity index (χ0v) is 15.9. The maximum atomic E-state index is 12.0. The first-order valence-corrected chi connectivity index (χ1v) is 9.36. The quantitative estimate of drug-likeness (QED) is 0.783. The third-order valence-corrected chi connectivity index (χ3v) is 4.71. The molecule has 2 amide bonds. The van der Waals surface area contributed by atoms with Gasteiger partial charge in [-0.2, -0.15) is 0 Å². The Labute approximate surface area is 161 Å². The Morgan fingerprint density at radius 2 is 1.81 bits per heavy atom. The number of carbonyl (C=O) groups excluding carboxylic acids is 2. The molecule has 26 heavy (non-hydrogen) atoms. The molecule has 0 aliphatic carbocycles. The van der Waals surface area contributed by atoms with Gasteiger partial charge in [0, 0.05) is 34.3 Å². The number of nitrogens with zero attached hydrogens (tertiary/aromatic N) is 1. The van der Waals surface area contributed by atoms with E-state index in [4.69, 9.17) is 0 Å². The van der Waals surface area contributed by atoms with Gasteiger partial charge in [0.05, 0.1) is 6.54 Å². The van der Waals surface area contributed by atoms with Crippen LogP contribution >= 0.6 is 15.9 Å². The molecule has 1 heterocycles. The van der Waals surface area contributed by atoms with Gasteiger partial charge in [0.1, 0.15) is 0 Å². The van der Waals surface area contributed by atoms with Gasteiger partial charge in [0.2, 0.25) is 5.91 Å². The number of carbonyl (C=O) groups is 2. The number of amides is 2. The van der Waals surface area contributed by atoms with Crippen LogP contribution in [0.15, 0.2) is 53.0 Å². The Kier molecular flexibility index (Phi) is 6.08. The molecule has 4 nitrogen and oxygen atoms in total. The van der Waals surface area contributed by atoms with E-state index in [1.54, 1.807) is 12.1 Å². The Balaban J connectivity index is 1.54. The fourth-order valence-electron chi connectivity index (χ4n) is 2.78. The van der Waals surface area contributed by atoms with Gasteiger partial charge in [-0.1, -0.05) is 27.8 Å². The van der Waals surface area contributed by atoms with E-state index >= 15 is 0 Å². The van der Waals surface area contributed by atoms with Crippen LogP contribution in [0.25, 0.3) is 0 Å². The first-order chi connectivity index (χ1) is 12.6. The first-order valence-electron chi connectivity index (χ1n) is 8.56. The van der Waals surface area contributed by atoms with Crippen molar-refractivity contribution in [3.8, 4) is 11.8 Å². The summed E-state index contributed by atoms with van der Waals surface area (Å²) in [5, 5.41) is 2.78. The van der Waals surface area contributed by atoms with Gasteiger partial charge in [0.15, 0.2) is 0 Å². The molecule has 2 aromatic carbocycles. The minimum absolute atomic E-state index is 0.147. The lowest BCUT2D eigenvalue weighted by atomic mass is 10.1. The molecular formula is C21H19BrN2O2. The number of anilines is 1. The van der Waals surface area contributed by atoms with Crippen molar-refractivity contribution in [1.29, 1.82) is 0 Å². The Hall–Kier alpha value is -2.58. The molecule has 5 heteroatoms. The number of rotatable bonds is 3. The number of halogens is 1. The average Bonchev–Trinajstić information content (AvgIpc) is 2.67. The number of nitrogens with one attached hydrogen (secondary N) is 1. The van der Waals surface area contributed by atoms with Crippen LogP contribution in [-0.4, -0.2) is 24.9 Å². The molecule has 0 unspecified atom stereocenters. The lowest BCUT2D eigenvalue weighted by molar-refractivity contribution is -0.119. The van der Waals surface area contributed by atoms with Gasteiger partial charge in [-0.05, 0) is 61.4 Å². The van der Waals surface area contributed by atoms with Crippen LogP contribution in [0, 0.1) is 11.8 Å². The van der Waals surface area contributed by atoms with E-state index in [2.05, 4.69) is 33.1 Å². The molecule has 1 fully saturated rings. The van der Waals surface area contributed by atoms with Crippen LogP contribution in [0.1, 0.15) is 35.2 Å². The molecule has 2 aromatic rings. The normalized spacial score (nSPS) is 13.7. The molecule has 1 saturated heterocycles. The van der Waals surface area contributed by atoms with Crippen molar-refractivity contribution in [2.24, 2.45) is 0 Å². The molecule has 0 atom stereocenters. The van der Waals surface area contributed by atoms with E-state index < -0.39 is 0 Å². The van der Waals surface area contributed by atoms with E-state index in [9.17, 15) is 9.59 Å². The van der Waals surface area contributed by atoms with Crippen LogP contribution in [0.2, 0.25) is 0 Å². The summed E-state index contributed by atoms with van der Waals surface area (Å²) in [6.45, 7) is 1.06. The number of piperidine rings is 1. The molecule has 0 bridgehead atoms. The molecule has 0 radical (unpaired) electrons. The largest absolute Gasteiger partial charge is 0.341 e. The van der Waals surface area contributed by atoms with Crippen molar-refractivity contribution >= 4 is 33.4 Å². The predicted octanol–water partition coefficient (Wildman–Crippen LogP) is 3.75. The van der Waals surface area contributed by atoms with Gasteiger partial charge >= 0.3 is 0 Å². The van der Waals surface area contributed by atoms with E-state index in [-0.39, 0.29) is 18.4 Å². The van der Waals surface area contributed by atoms with Crippen molar-refractivity contribution in [2.75, 3.05) is 18.0 Å². The van der Waals surface area contributed by atoms with Crippen LogP contribution < -0.4 is 10.2 Å². The molecule has 1 N–H and O–H groups in total. The summed E-state index contributed by atoms with van der Waals surface area (Å²) >= 11 is 3.34. The lowest BCUT2D eigenvalue weighted by Crippen LogP contribution is -2.35. The summed E-state index contributed by atoms with van der Waals surface area (Å²) in [7, 11) is 0. The fraction of sp³-hybridized carbons (Fsp3) is 0.238. The highest BCUT2D eigenvalue weighted by molar-refractivity contribution is 9.10. The number of hydrogen-bond acceptors (Lipinski definition) is 2. The Bertz CT molecular complexity index is 848. The van der Waals surface area contributed by atoms with Crippen LogP contribution in [0.3, 0.4) is 0 Å². The standard InChI is InChI=1S/C21H19BrN2O2/c22-18-10-8-17(9-11-18)21(26)23-14-3-4-16-6-12-19(13-7-16)24-15-2-1-5-20(24)25/h6-13H,1-2,5,14-15H2,(H,23,26). The van der Waals surface area contributed by atoms with Crippen LogP contribution in [0.5, 0.6) is 0 Å². The fourth-order valence-corrected chi connectivity index (χ4v) is 3.04. The highest BCUT2D eigenvalue weighted by Crippen LogP contribution is 2.21. The Morgan fingerprint density at radius 1 is 1.08 bits per heavy atom. The van der Waals surface area contributed by atoms with Crippen molar-refractivity contribution in [3.05, 3.63) is 64.1 Å². The summed E-state index contributed by atoms with van der Waals surface area (Å²) in [4.78, 5) is 25.8. The second-order valence-corrected chi connectivity index (χ2v) is 6.96. The zero-order chi connectivity index (χ0) is 18.4. The number of hydrogen-bond donors (Lipinski definition) is 1. The summed E-state index contributed by atoms with van der Waals surface area (Å²) in [5.41, 5.74) is 2.38. The van der Waals surface area contributed by atoms with Crippen LogP contribution in [0.4, 0.5) is 5.69 Å². The van der Waals surface area contributed by atoms with E-state index in [0.717, 1.165) is 35.1 Å². The van der Waals surface area contributed by atoms with Crippen molar-refractivity contribution in [2.45, 2.75) is 19.3 Å². The second-order valence-electron chi connectivity index (χ2n) is 6.04. The van der Waals surface area contributed by atoms with E-state index in [1.807, 2.05) is 41.3 Å². The summed E-state index contributed by atoms with van der Waals surface area (Å²) in [5.74, 6) is 6.01. The van der Waals surface area contributed by atoms with E-state index in [0.29, 0.717) is 12.0 Å². The SMILES string of the molecule is O=C(NCC#Cc1ccc(N2CCCCC2=O)cc1)c1ccc(Br)cc1. The van der Waals surface area contributed by atoms with Gasteiger partial charge in [-0.25, -0.2) is 0 Å². The molecule has 0 spiro atoms. The van der Waals surface area contributed by atoms with Gasteiger partial charge in [0.25, 0.3) is 5.91 Å². The second kappa shape index (κ2) is 8.68. The van der Waals surface area contributed by atoms with Crippen molar-refractivity contribution in [1.82, 2.24) is 5.32 Å². The molecule has 1 aliphatic heterocycles. The van der Waals surface area contributed by atoms with Crippen molar-refractivity contribution in [3.63, 3.8) is 0 Å². The van der Waals surface area contributed by atoms with Crippen molar-refractivity contribution < 1.29 is 9.59 Å². The number of benzene rings is 2. The molecule has 1 aliphatic rings. The summed E-state index contributed by atoms with van der Waals surface area (Å²) in [6.07, 6.45) is 2.65. The molecule has 0 saturated carbocycles. The maximum absolute atomic E-state index is 12.0. The topological polar surface area (TPSA) is 49.4 Å². The Morgan fingerprint density at radius 3 is 2.50 bits per heavy atom. The highest BCUT2D eigenvalue weighted by Gasteiger charge is 2.19. The van der Waals surface area contributed by atoms with Gasteiger partial charge < -0.3 is 10.2 Å². The molecule has 3 rings (SSSR count). The molecular weight excluding hydrogens is 392 g/mol. The van der Waals surface area contributed by atoms with Crippen LogP contribution in [-0.2, 0) is 4.79 Å². The molecule has 0 aromatic heterocycles. The molecule has 132 valence electrons. The third kappa shape index (κ3) is 4.74. The minimum Gasteiger partial charge on any atom is -0.341 e. The zero-order valence-electron chi connectivity index (χ0n) is 14.3. The average molecular weight is 411 g/mol. The highest BCUT2D eigenvalue weighted by atomic mass is 79.9.